The van der Waals surface area contributed by atoms with Gasteiger partial charge in [-0.3, -0.25) is 0 Å². The molecule has 1 aromatic rings. The highest BCUT2D eigenvalue weighted by Gasteiger charge is 2.02. The Hall–Kier alpha value is -0.530. The number of nitrogens with zero attached hydrogens (tertiary/aromatic N) is 1. The molecule has 1 rings (SSSR count). The van der Waals surface area contributed by atoms with Crippen molar-refractivity contribution in [3.63, 3.8) is 0 Å². The molecule has 0 heterocycles. The largest absolute Gasteiger partial charge is 0.302 e. The Bertz CT molecular complexity index is 292. The lowest BCUT2D eigenvalue weighted by atomic mass is 10.1. The first-order chi connectivity index (χ1) is 7.61. The molecule has 1 unspecified atom stereocenters. The Labute approximate surface area is 104 Å². The van der Waals surface area contributed by atoms with Crippen molar-refractivity contribution < 1.29 is 0 Å². The SMILES string of the molecule is CCc1ccc(CN(C)CCC(C)Cl)cc1. The molecule has 1 atom stereocenters. The van der Waals surface area contributed by atoms with Gasteiger partial charge in [0.15, 0.2) is 0 Å². The van der Waals surface area contributed by atoms with Crippen LogP contribution in [0.1, 0.15) is 31.4 Å². The molecule has 0 aromatic heterocycles. The van der Waals surface area contributed by atoms with E-state index in [1.54, 1.807) is 0 Å². The Balaban J connectivity index is 2.40. The van der Waals surface area contributed by atoms with E-state index in [0.717, 1.165) is 25.9 Å². The molecule has 0 bridgehead atoms. The molecular weight excluding hydrogens is 218 g/mol. The van der Waals surface area contributed by atoms with Crippen LogP contribution in [0.2, 0.25) is 0 Å². The van der Waals surface area contributed by atoms with Crippen LogP contribution in [-0.2, 0) is 13.0 Å². The lowest BCUT2D eigenvalue weighted by molar-refractivity contribution is 0.321. The molecule has 0 saturated heterocycles. The third-order valence-corrected chi connectivity index (χ3v) is 3.01. The highest BCUT2D eigenvalue weighted by Crippen LogP contribution is 2.08. The second kappa shape index (κ2) is 6.93. The quantitative estimate of drug-likeness (QED) is 0.685. The highest BCUT2D eigenvalue weighted by atomic mass is 35.5. The van der Waals surface area contributed by atoms with Crippen LogP contribution in [0.25, 0.3) is 0 Å². The van der Waals surface area contributed by atoms with Crippen molar-refractivity contribution >= 4 is 11.6 Å². The number of halogens is 1. The first-order valence-corrected chi connectivity index (χ1v) is 6.46. The number of hydrogen-bond donors (Lipinski definition) is 0. The normalized spacial score (nSPS) is 13.1. The predicted molar refractivity (Wildman–Crippen MR) is 72.1 cm³/mol. The lowest BCUT2D eigenvalue weighted by Gasteiger charge is -2.17. The zero-order valence-corrected chi connectivity index (χ0v) is 11.3. The fourth-order valence-corrected chi connectivity index (χ4v) is 1.77. The third kappa shape index (κ3) is 5.00. The molecule has 0 spiro atoms. The minimum Gasteiger partial charge on any atom is -0.302 e. The van der Waals surface area contributed by atoms with Crippen LogP contribution in [0.4, 0.5) is 0 Å². The smallest absolute Gasteiger partial charge is 0.0320 e. The summed E-state index contributed by atoms with van der Waals surface area (Å²) in [6, 6.07) is 8.87. The summed E-state index contributed by atoms with van der Waals surface area (Å²) < 4.78 is 0. The van der Waals surface area contributed by atoms with Gasteiger partial charge in [-0.15, -0.1) is 11.6 Å². The van der Waals surface area contributed by atoms with Crippen LogP contribution in [0.5, 0.6) is 0 Å². The van der Waals surface area contributed by atoms with Crippen molar-refractivity contribution in [2.75, 3.05) is 13.6 Å². The molecule has 90 valence electrons. The van der Waals surface area contributed by atoms with Crippen molar-refractivity contribution in [2.24, 2.45) is 0 Å². The zero-order chi connectivity index (χ0) is 12.0. The second-order valence-electron chi connectivity index (χ2n) is 4.48. The van der Waals surface area contributed by atoms with E-state index in [9.17, 15) is 0 Å². The minimum atomic E-state index is 0.268. The monoisotopic (exact) mass is 239 g/mol. The molecule has 0 N–H and O–H groups in total. The molecule has 0 fully saturated rings. The third-order valence-electron chi connectivity index (χ3n) is 2.79. The van der Waals surface area contributed by atoms with Gasteiger partial charge < -0.3 is 4.90 Å². The van der Waals surface area contributed by atoms with Crippen molar-refractivity contribution in [1.29, 1.82) is 0 Å². The van der Waals surface area contributed by atoms with E-state index >= 15 is 0 Å². The number of hydrogen-bond acceptors (Lipinski definition) is 1. The van der Waals surface area contributed by atoms with Crippen molar-refractivity contribution in [2.45, 2.75) is 38.6 Å². The number of rotatable bonds is 6. The summed E-state index contributed by atoms with van der Waals surface area (Å²) in [6.07, 6.45) is 2.16. The fraction of sp³-hybridized carbons (Fsp3) is 0.571. The molecule has 0 radical (unpaired) electrons. The molecule has 0 saturated carbocycles. The summed E-state index contributed by atoms with van der Waals surface area (Å²) in [7, 11) is 2.15. The fourth-order valence-electron chi connectivity index (χ4n) is 1.67. The second-order valence-corrected chi connectivity index (χ2v) is 5.22. The number of aryl methyl sites for hydroxylation is 1. The highest BCUT2D eigenvalue weighted by molar-refractivity contribution is 6.20. The van der Waals surface area contributed by atoms with Crippen molar-refractivity contribution in [1.82, 2.24) is 4.90 Å². The van der Waals surface area contributed by atoms with E-state index in [1.807, 2.05) is 6.92 Å². The maximum Gasteiger partial charge on any atom is 0.0320 e. The van der Waals surface area contributed by atoms with Crippen LogP contribution in [0.3, 0.4) is 0 Å². The first kappa shape index (κ1) is 13.5. The van der Waals surface area contributed by atoms with Gasteiger partial charge in [0.25, 0.3) is 0 Å². The molecule has 16 heavy (non-hydrogen) atoms. The first-order valence-electron chi connectivity index (χ1n) is 6.02. The summed E-state index contributed by atoms with van der Waals surface area (Å²) in [4.78, 5) is 2.32. The van der Waals surface area contributed by atoms with Gasteiger partial charge in [0.1, 0.15) is 0 Å². The van der Waals surface area contributed by atoms with E-state index < -0.39 is 0 Å². The predicted octanol–water partition coefficient (Wildman–Crippen LogP) is 3.70. The average Bonchev–Trinajstić information content (AvgIpc) is 2.27. The van der Waals surface area contributed by atoms with E-state index in [2.05, 4.69) is 43.1 Å². The van der Waals surface area contributed by atoms with Crippen LogP contribution in [-0.4, -0.2) is 23.9 Å². The minimum absolute atomic E-state index is 0.268. The molecule has 0 aliphatic rings. The van der Waals surface area contributed by atoms with Gasteiger partial charge >= 0.3 is 0 Å². The van der Waals surface area contributed by atoms with Gasteiger partial charge in [0, 0.05) is 11.9 Å². The van der Waals surface area contributed by atoms with Gasteiger partial charge in [-0.25, -0.2) is 0 Å². The van der Waals surface area contributed by atoms with Crippen LogP contribution >= 0.6 is 11.6 Å². The van der Waals surface area contributed by atoms with Crippen LogP contribution in [0, 0.1) is 0 Å². The topological polar surface area (TPSA) is 3.24 Å². The summed E-state index contributed by atoms with van der Waals surface area (Å²) in [5, 5.41) is 0.268. The summed E-state index contributed by atoms with van der Waals surface area (Å²) in [5.41, 5.74) is 2.78. The van der Waals surface area contributed by atoms with E-state index in [-0.39, 0.29) is 5.38 Å². The number of alkyl halides is 1. The summed E-state index contributed by atoms with van der Waals surface area (Å²) >= 11 is 5.94. The Morgan fingerprint density at radius 2 is 1.75 bits per heavy atom. The maximum absolute atomic E-state index is 5.94. The lowest BCUT2D eigenvalue weighted by Crippen LogP contribution is -2.20. The molecule has 1 aromatic carbocycles. The Morgan fingerprint density at radius 3 is 2.25 bits per heavy atom. The molecular formula is C14H22ClN. The van der Waals surface area contributed by atoms with Crippen molar-refractivity contribution in [3.8, 4) is 0 Å². The molecule has 1 nitrogen and oxygen atoms in total. The van der Waals surface area contributed by atoms with E-state index in [0.29, 0.717) is 0 Å². The Kier molecular flexibility index (Phi) is 5.86. The molecule has 0 amide bonds. The summed E-state index contributed by atoms with van der Waals surface area (Å²) in [5.74, 6) is 0. The molecule has 0 aliphatic carbocycles. The molecule has 0 aliphatic heterocycles. The molecule has 2 heteroatoms. The summed E-state index contributed by atoms with van der Waals surface area (Å²) in [6.45, 7) is 6.29. The van der Waals surface area contributed by atoms with Gasteiger partial charge in [0.2, 0.25) is 0 Å². The standard InChI is InChI=1S/C14H22ClN/c1-4-13-5-7-14(8-6-13)11-16(3)10-9-12(2)15/h5-8,12H,4,9-11H2,1-3H3. The van der Waals surface area contributed by atoms with Crippen molar-refractivity contribution in [3.05, 3.63) is 35.4 Å². The van der Waals surface area contributed by atoms with E-state index in [4.69, 9.17) is 11.6 Å². The maximum atomic E-state index is 5.94. The van der Waals surface area contributed by atoms with Crippen LogP contribution in [0.15, 0.2) is 24.3 Å². The van der Waals surface area contributed by atoms with Crippen LogP contribution < -0.4 is 0 Å². The van der Waals surface area contributed by atoms with Gasteiger partial charge in [-0.05, 0) is 44.5 Å². The number of benzene rings is 1. The average molecular weight is 240 g/mol. The zero-order valence-electron chi connectivity index (χ0n) is 10.5. The van der Waals surface area contributed by atoms with Gasteiger partial charge in [-0.1, -0.05) is 31.2 Å². The van der Waals surface area contributed by atoms with E-state index in [1.165, 1.54) is 11.1 Å². The Morgan fingerprint density at radius 1 is 1.19 bits per heavy atom. The van der Waals surface area contributed by atoms with Gasteiger partial charge in [-0.2, -0.15) is 0 Å². The van der Waals surface area contributed by atoms with Gasteiger partial charge in [0.05, 0.1) is 0 Å².